The van der Waals surface area contributed by atoms with E-state index in [4.69, 9.17) is 4.74 Å². The largest absolute Gasteiger partial charge is 0.507 e. The lowest BCUT2D eigenvalue weighted by molar-refractivity contribution is 0.0950. The zero-order valence-corrected chi connectivity index (χ0v) is 12.6. The Morgan fingerprint density at radius 3 is 2.78 bits per heavy atom. The summed E-state index contributed by atoms with van der Waals surface area (Å²) in [5.41, 5.74) is 0.282. The average molecular weight is 363 g/mol. The average Bonchev–Trinajstić information content (AvgIpc) is 2.38. The number of phenolic OH excluding ortho intramolecular Hbond substituents is 1. The van der Waals surface area contributed by atoms with Gasteiger partial charge in [0, 0.05) is 12.6 Å². The van der Waals surface area contributed by atoms with Gasteiger partial charge in [0.2, 0.25) is 0 Å². The highest BCUT2D eigenvalue weighted by atomic mass is 127. The number of hydrogen-bond acceptors (Lipinski definition) is 3. The van der Waals surface area contributed by atoms with Crippen LogP contribution in [0.3, 0.4) is 0 Å². The van der Waals surface area contributed by atoms with Crippen molar-refractivity contribution in [2.45, 2.75) is 19.3 Å². The van der Waals surface area contributed by atoms with Gasteiger partial charge < -0.3 is 15.2 Å². The van der Waals surface area contributed by atoms with Crippen molar-refractivity contribution in [3.63, 3.8) is 0 Å². The molecule has 1 aromatic carbocycles. The Kier molecular flexibility index (Phi) is 6.85. The molecule has 0 aliphatic carbocycles. The Morgan fingerprint density at radius 2 is 2.17 bits per heavy atom. The Morgan fingerprint density at radius 1 is 1.39 bits per heavy atom. The summed E-state index contributed by atoms with van der Waals surface area (Å²) < 4.78 is 6.11. The SMILES string of the molecule is COc1ccc(C(=O)NCCCCCI)c(O)c1. The molecule has 100 valence electrons. The van der Waals surface area contributed by atoms with Gasteiger partial charge in [-0.25, -0.2) is 0 Å². The van der Waals surface area contributed by atoms with Gasteiger partial charge in [0.25, 0.3) is 5.91 Å². The first-order valence-corrected chi connectivity index (χ1v) is 7.42. The monoisotopic (exact) mass is 363 g/mol. The second-order valence-corrected chi connectivity index (χ2v) is 4.97. The lowest BCUT2D eigenvalue weighted by atomic mass is 10.1. The first kappa shape index (κ1) is 15.1. The number of ether oxygens (including phenoxy) is 1. The number of methoxy groups -OCH3 is 1. The van der Waals surface area contributed by atoms with E-state index in [1.807, 2.05) is 0 Å². The van der Waals surface area contributed by atoms with Crippen LogP contribution in [0.4, 0.5) is 0 Å². The molecule has 0 aromatic heterocycles. The van der Waals surface area contributed by atoms with Gasteiger partial charge in [-0.15, -0.1) is 0 Å². The molecule has 0 bridgehead atoms. The van der Waals surface area contributed by atoms with Crippen molar-refractivity contribution < 1.29 is 14.6 Å². The van der Waals surface area contributed by atoms with Crippen molar-refractivity contribution in [2.24, 2.45) is 0 Å². The highest BCUT2D eigenvalue weighted by Crippen LogP contribution is 2.23. The van der Waals surface area contributed by atoms with Gasteiger partial charge >= 0.3 is 0 Å². The molecule has 0 spiro atoms. The van der Waals surface area contributed by atoms with Gasteiger partial charge in [-0.05, 0) is 29.4 Å². The first-order valence-electron chi connectivity index (χ1n) is 5.90. The Hall–Kier alpha value is -0.980. The predicted molar refractivity (Wildman–Crippen MR) is 79.7 cm³/mol. The van der Waals surface area contributed by atoms with Crippen molar-refractivity contribution in [2.75, 3.05) is 18.1 Å². The summed E-state index contributed by atoms with van der Waals surface area (Å²) in [6, 6.07) is 4.66. The quantitative estimate of drug-likeness (QED) is 0.445. The Bertz CT molecular complexity index is 396. The van der Waals surface area contributed by atoms with Crippen molar-refractivity contribution in [3.8, 4) is 11.5 Å². The number of rotatable bonds is 7. The fourth-order valence-corrected chi connectivity index (χ4v) is 2.06. The molecule has 0 aliphatic heterocycles. The van der Waals surface area contributed by atoms with Gasteiger partial charge in [-0.1, -0.05) is 29.0 Å². The van der Waals surface area contributed by atoms with Crippen LogP contribution in [0.15, 0.2) is 18.2 Å². The molecule has 0 unspecified atom stereocenters. The second kappa shape index (κ2) is 8.18. The van der Waals surface area contributed by atoms with Crippen molar-refractivity contribution >= 4 is 28.5 Å². The summed E-state index contributed by atoms with van der Waals surface area (Å²) in [6.07, 6.45) is 3.24. The third-order valence-corrected chi connectivity index (χ3v) is 3.31. The minimum Gasteiger partial charge on any atom is -0.507 e. The molecule has 2 N–H and O–H groups in total. The molecule has 0 saturated heterocycles. The number of nitrogens with one attached hydrogen (secondary N) is 1. The standard InChI is InChI=1S/C13H18INO3/c1-18-10-5-6-11(12(16)9-10)13(17)15-8-4-2-3-7-14/h5-6,9,16H,2-4,7-8H2,1H3,(H,15,17). The van der Waals surface area contributed by atoms with E-state index < -0.39 is 0 Å². The van der Waals surface area contributed by atoms with Crippen LogP contribution >= 0.6 is 22.6 Å². The van der Waals surface area contributed by atoms with Crippen LogP contribution in [0.25, 0.3) is 0 Å². The van der Waals surface area contributed by atoms with E-state index in [0.717, 1.165) is 17.3 Å². The van der Waals surface area contributed by atoms with Crippen LogP contribution in [0, 0.1) is 0 Å². The highest BCUT2D eigenvalue weighted by molar-refractivity contribution is 14.1. The van der Waals surface area contributed by atoms with Crippen LogP contribution in [0.1, 0.15) is 29.6 Å². The van der Waals surface area contributed by atoms with Crippen molar-refractivity contribution in [1.82, 2.24) is 5.32 Å². The van der Waals surface area contributed by atoms with E-state index in [1.165, 1.54) is 19.6 Å². The van der Waals surface area contributed by atoms with Crippen molar-refractivity contribution in [1.29, 1.82) is 0 Å². The van der Waals surface area contributed by atoms with Gasteiger partial charge in [-0.2, -0.15) is 0 Å². The molecule has 1 amide bonds. The maximum absolute atomic E-state index is 11.8. The zero-order valence-electron chi connectivity index (χ0n) is 10.4. The molecular formula is C13H18INO3. The molecule has 4 nitrogen and oxygen atoms in total. The van der Waals surface area contributed by atoms with E-state index in [1.54, 1.807) is 12.1 Å². The summed E-state index contributed by atoms with van der Waals surface area (Å²) in [4.78, 5) is 11.8. The van der Waals surface area contributed by atoms with Gasteiger partial charge in [-0.3, -0.25) is 4.79 Å². The molecule has 0 aliphatic rings. The van der Waals surface area contributed by atoms with Crippen LogP contribution in [-0.2, 0) is 0 Å². The normalized spacial score (nSPS) is 10.1. The Balaban J connectivity index is 2.46. The van der Waals surface area contributed by atoms with Crippen LogP contribution in [0.5, 0.6) is 11.5 Å². The lowest BCUT2D eigenvalue weighted by Gasteiger charge is -2.08. The molecule has 0 atom stereocenters. The molecule has 1 aromatic rings. The predicted octanol–water partition coefficient (Wildman–Crippen LogP) is 2.74. The molecular weight excluding hydrogens is 345 g/mol. The number of hydrogen-bond donors (Lipinski definition) is 2. The maximum Gasteiger partial charge on any atom is 0.255 e. The first-order chi connectivity index (χ1) is 8.69. The number of carbonyl (C=O) groups excluding carboxylic acids is 1. The van der Waals surface area contributed by atoms with E-state index >= 15 is 0 Å². The minimum atomic E-state index is -0.246. The molecule has 5 heteroatoms. The molecule has 0 saturated carbocycles. The topological polar surface area (TPSA) is 58.6 Å². The lowest BCUT2D eigenvalue weighted by Crippen LogP contribution is -2.24. The fourth-order valence-electron chi connectivity index (χ4n) is 1.52. The minimum absolute atomic E-state index is 0.0564. The third-order valence-electron chi connectivity index (χ3n) is 2.55. The van der Waals surface area contributed by atoms with Crippen LogP contribution < -0.4 is 10.1 Å². The van der Waals surface area contributed by atoms with Crippen LogP contribution in [0.2, 0.25) is 0 Å². The summed E-state index contributed by atoms with van der Waals surface area (Å²) >= 11 is 2.34. The van der Waals surface area contributed by atoms with E-state index in [-0.39, 0.29) is 17.2 Å². The van der Waals surface area contributed by atoms with E-state index in [2.05, 4.69) is 27.9 Å². The number of phenols is 1. The number of benzene rings is 1. The number of unbranched alkanes of at least 4 members (excludes halogenated alkanes) is 2. The van der Waals surface area contributed by atoms with Crippen LogP contribution in [-0.4, -0.2) is 29.1 Å². The highest BCUT2D eigenvalue weighted by Gasteiger charge is 2.11. The summed E-state index contributed by atoms with van der Waals surface area (Å²) in [6.45, 7) is 0.640. The maximum atomic E-state index is 11.8. The van der Waals surface area contributed by atoms with E-state index in [0.29, 0.717) is 12.3 Å². The fraction of sp³-hybridized carbons (Fsp3) is 0.462. The number of alkyl halides is 1. The molecule has 0 radical (unpaired) electrons. The summed E-state index contributed by atoms with van der Waals surface area (Å²) in [5, 5.41) is 12.5. The number of aromatic hydroxyl groups is 1. The second-order valence-electron chi connectivity index (χ2n) is 3.89. The number of amides is 1. The van der Waals surface area contributed by atoms with Gasteiger partial charge in [0.1, 0.15) is 11.5 Å². The van der Waals surface area contributed by atoms with E-state index in [9.17, 15) is 9.90 Å². The van der Waals surface area contributed by atoms with Gasteiger partial charge in [0.15, 0.2) is 0 Å². The molecule has 1 rings (SSSR count). The summed E-state index contributed by atoms with van der Waals surface area (Å²) in [5.74, 6) is 0.231. The van der Waals surface area contributed by atoms with Gasteiger partial charge in [0.05, 0.1) is 12.7 Å². The third kappa shape index (κ3) is 4.72. The smallest absolute Gasteiger partial charge is 0.255 e. The molecule has 0 heterocycles. The number of halogens is 1. The Labute approximate surface area is 121 Å². The van der Waals surface area contributed by atoms with Crippen molar-refractivity contribution in [3.05, 3.63) is 23.8 Å². The zero-order chi connectivity index (χ0) is 13.4. The molecule has 18 heavy (non-hydrogen) atoms. The number of carbonyl (C=O) groups is 1. The summed E-state index contributed by atoms with van der Waals surface area (Å²) in [7, 11) is 1.52. The molecule has 0 fully saturated rings.